The minimum Gasteiger partial charge on any atom is -0.353 e. The second kappa shape index (κ2) is 10.1. The maximum atomic E-state index is 5.50. The zero-order valence-corrected chi connectivity index (χ0v) is 22.5. The molecule has 4 heterocycles. The van der Waals surface area contributed by atoms with E-state index in [1.165, 1.54) is 33.5 Å². The summed E-state index contributed by atoms with van der Waals surface area (Å²) in [4.78, 5) is 13.0. The van der Waals surface area contributed by atoms with Gasteiger partial charge in [0.1, 0.15) is 10.8 Å². The molecule has 0 bridgehead atoms. The van der Waals surface area contributed by atoms with E-state index in [0.717, 1.165) is 79.4 Å². The van der Waals surface area contributed by atoms with E-state index < -0.39 is 0 Å². The molecule has 5 nitrogen and oxygen atoms in total. The first-order valence-corrected chi connectivity index (χ1v) is 14.3. The number of fused-ring (bicyclic) bond motifs is 2. The van der Waals surface area contributed by atoms with Gasteiger partial charge < -0.3 is 4.90 Å². The molecule has 188 valence electrons. The zero-order chi connectivity index (χ0) is 25.4. The number of imidazole rings is 1. The Bertz CT molecular complexity index is 1470. The standard InChI is InChI=1S/C31H33N5S/c1-4-21-10-12-29(32-18-21)35-13-7-8-23(19-35)9-11-24-14-22(5-2)15-25-16-26(17-27(24)25)28-20-36-31(33-28)37-30(6-3)34-36/h1,9-10,12,14-15,18,20,26H,5-8,11,13,16-17,19H2,2-3H3/b23-9+. The number of aromatic nitrogens is 4. The quantitative estimate of drug-likeness (QED) is 0.239. The van der Waals surface area contributed by atoms with Crippen LogP contribution >= 0.6 is 11.3 Å². The molecule has 37 heavy (non-hydrogen) atoms. The summed E-state index contributed by atoms with van der Waals surface area (Å²) in [7, 11) is 0. The normalized spacial score (nSPS) is 18.5. The van der Waals surface area contributed by atoms with Crippen molar-refractivity contribution in [1.29, 1.82) is 0 Å². The lowest BCUT2D eigenvalue weighted by Gasteiger charge is -2.30. The summed E-state index contributed by atoms with van der Waals surface area (Å²) in [6, 6.07) is 8.92. The molecule has 1 saturated heterocycles. The van der Waals surface area contributed by atoms with Crippen molar-refractivity contribution in [3.8, 4) is 12.3 Å². The minimum atomic E-state index is 0.440. The molecule has 1 aliphatic carbocycles. The number of benzene rings is 1. The van der Waals surface area contributed by atoms with E-state index >= 15 is 0 Å². The Kier molecular flexibility index (Phi) is 6.56. The Morgan fingerprint density at radius 1 is 1.19 bits per heavy atom. The van der Waals surface area contributed by atoms with Crippen molar-refractivity contribution in [3.63, 3.8) is 0 Å². The first-order chi connectivity index (χ1) is 18.1. The van der Waals surface area contributed by atoms with Crippen molar-refractivity contribution in [1.82, 2.24) is 19.6 Å². The highest BCUT2D eigenvalue weighted by atomic mass is 32.1. The first kappa shape index (κ1) is 23.9. The largest absolute Gasteiger partial charge is 0.353 e. The molecule has 0 N–H and O–H groups in total. The van der Waals surface area contributed by atoms with Crippen LogP contribution in [0.15, 0.2) is 48.3 Å². The van der Waals surface area contributed by atoms with Crippen LogP contribution in [0.2, 0.25) is 0 Å². The van der Waals surface area contributed by atoms with Crippen molar-refractivity contribution in [2.24, 2.45) is 0 Å². The van der Waals surface area contributed by atoms with Crippen molar-refractivity contribution in [2.75, 3.05) is 18.0 Å². The number of aryl methyl sites for hydroxylation is 2. The minimum absolute atomic E-state index is 0.440. The fraction of sp³-hybridized carbons (Fsp3) is 0.387. The van der Waals surface area contributed by atoms with Crippen LogP contribution in [-0.4, -0.2) is 32.7 Å². The van der Waals surface area contributed by atoms with Crippen LogP contribution in [0.1, 0.15) is 71.1 Å². The molecule has 6 rings (SSSR count). The molecule has 0 radical (unpaired) electrons. The summed E-state index contributed by atoms with van der Waals surface area (Å²) in [5.41, 5.74) is 9.51. The average molecular weight is 508 g/mol. The van der Waals surface area contributed by atoms with Crippen LogP contribution < -0.4 is 4.90 Å². The third kappa shape index (κ3) is 4.81. The summed E-state index contributed by atoms with van der Waals surface area (Å²) < 4.78 is 1.98. The van der Waals surface area contributed by atoms with E-state index in [9.17, 15) is 0 Å². The zero-order valence-electron chi connectivity index (χ0n) is 21.7. The number of hydrogen-bond acceptors (Lipinski definition) is 5. The van der Waals surface area contributed by atoms with Gasteiger partial charge in [-0.25, -0.2) is 14.5 Å². The van der Waals surface area contributed by atoms with Gasteiger partial charge in [0.15, 0.2) is 0 Å². The van der Waals surface area contributed by atoms with Gasteiger partial charge in [-0.2, -0.15) is 5.10 Å². The highest BCUT2D eigenvalue weighted by Crippen LogP contribution is 2.37. The van der Waals surface area contributed by atoms with E-state index in [0.29, 0.717) is 5.92 Å². The summed E-state index contributed by atoms with van der Waals surface area (Å²) in [5, 5.41) is 5.83. The van der Waals surface area contributed by atoms with Gasteiger partial charge in [-0.05, 0) is 79.3 Å². The topological polar surface area (TPSA) is 46.3 Å². The van der Waals surface area contributed by atoms with Crippen molar-refractivity contribution in [2.45, 2.75) is 64.7 Å². The molecule has 0 saturated carbocycles. The third-order valence-corrected chi connectivity index (χ3v) is 8.88. The first-order valence-electron chi connectivity index (χ1n) is 13.5. The van der Waals surface area contributed by atoms with Crippen LogP contribution in [0.4, 0.5) is 5.82 Å². The molecule has 4 aromatic rings. The second-order valence-corrected chi connectivity index (χ2v) is 11.3. The third-order valence-electron chi connectivity index (χ3n) is 7.81. The molecule has 1 aliphatic heterocycles. The smallest absolute Gasteiger partial charge is 0.212 e. The number of hydrogen-bond donors (Lipinski definition) is 0. The van der Waals surface area contributed by atoms with E-state index in [-0.39, 0.29) is 0 Å². The molecular weight excluding hydrogens is 474 g/mol. The Morgan fingerprint density at radius 3 is 2.86 bits per heavy atom. The molecule has 1 fully saturated rings. The number of nitrogens with zero attached hydrogens (tertiary/aromatic N) is 5. The van der Waals surface area contributed by atoms with Crippen LogP contribution in [0.5, 0.6) is 0 Å². The fourth-order valence-electron chi connectivity index (χ4n) is 5.77. The predicted molar refractivity (Wildman–Crippen MR) is 152 cm³/mol. The van der Waals surface area contributed by atoms with E-state index in [1.807, 2.05) is 10.6 Å². The maximum absolute atomic E-state index is 5.50. The van der Waals surface area contributed by atoms with E-state index in [4.69, 9.17) is 11.4 Å². The molecule has 0 amide bonds. The highest BCUT2D eigenvalue weighted by Gasteiger charge is 2.28. The van der Waals surface area contributed by atoms with Gasteiger partial charge in [0.25, 0.3) is 0 Å². The molecule has 0 spiro atoms. The molecule has 1 aromatic carbocycles. The van der Waals surface area contributed by atoms with Gasteiger partial charge in [0, 0.05) is 30.8 Å². The van der Waals surface area contributed by atoms with Gasteiger partial charge >= 0.3 is 0 Å². The molecule has 2 aliphatic rings. The molecule has 6 heteroatoms. The highest BCUT2D eigenvalue weighted by molar-refractivity contribution is 7.16. The number of pyridine rings is 1. The average Bonchev–Trinajstić information content (AvgIpc) is 3.65. The lowest BCUT2D eigenvalue weighted by molar-refractivity contribution is 0.667. The van der Waals surface area contributed by atoms with Gasteiger partial charge in [0.2, 0.25) is 4.96 Å². The number of allylic oxidation sites excluding steroid dienone is 1. The SMILES string of the molecule is C#Cc1ccc(N2CCC/C(=C\Cc3cc(CC)cc4c3CC(c3cn5nc(CC)sc5n3)C4)C2)nc1. The van der Waals surface area contributed by atoms with E-state index in [1.54, 1.807) is 17.5 Å². The van der Waals surface area contributed by atoms with E-state index in [2.05, 4.69) is 65.2 Å². The molecular formula is C31H33N5S. The van der Waals surface area contributed by atoms with Crippen LogP contribution in [0, 0.1) is 12.3 Å². The Hall–Kier alpha value is -3.43. The lowest BCUT2D eigenvalue weighted by atomic mass is 9.94. The van der Waals surface area contributed by atoms with Gasteiger partial charge in [-0.3, -0.25) is 0 Å². The monoisotopic (exact) mass is 507 g/mol. The van der Waals surface area contributed by atoms with Gasteiger partial charge in [0.05, 0.1) is 11.9 Å². The predicted octanol–water partition coefficient (Wildman–Crippen LogP) is 5.94. The van der Waals surface area contributed by atoms with Crippen molar-refractivity contribution in [3.05, 3.63) is 86.8 Å². The Labute approximate surface area is 223 Å². The van der Waals surface area contributed by atoms with Gasteiger partial charge in [-0.1, -0.05) is 54.9 Å². The summed E-state index contributed by atoms with van der Waals surface area (Å²) in [5.74, 6) is 4.11. The fourth-order valence-corrected chi connectivity index (χ4v) is 6.59. The Morgan fingerprint density at radius 2 is 2.11 bits per heavy atom. The van der Waals surface area contributed by atoms with Gasteiger partial charge in [-0.15, -0.1) is 6.42 Å². The molecule has 1 unspecified atom stereocenters. The van der Waals surface area contributed by atoms with Crippen LogP contribution in [0.25, 0.3) is 4.96 Å². The maximum Gasteiger partial charge on any atom is 0.212 e. The number of terminal acetylenes is 1. The number of piperidine rings is 1. The number of anilines is 1. The second-order valence-electron chi connectivity index (χ2n) is 10.2. The molecule has 1 atom stereocenters. The van der Waals surface area contributed by atoms with Crippen LogP contribution in [0.3, 0.4) is 0 Å². The summed E-state index contributed by atoms with van der Waals surface area (Å²) >= 11 is 1.71. The summed E-state index contributed by atoms with van der Waals surface area (Å²) in [6.45, 7) is 6.39. The molecule has 3 aromatic heterocycles. The Balaban J connectivity index is 1.21. The number of rotatable bonds is 6. The summed E-state index contributed by atoms with van der Waals surface area (Å²) in [6.07, 6.45) is 19.4. The lowest BCUT2D eigenvalue weighted by Crippen LogP contribution is -2.31. The van der Waals surface area contributed by atoms with Crippen molar-refractivity contribution < 1.29 is 0 Å². The van der Waals surface area contributed by atoms with Crippen molar-refractivity contribution >= 4 is 22.1 Å². The van der Waals surface area contributed by atoms with Crippen LogP contribution in [-0.2, 0) is 32.1 Å².